The summed E-state index contributed by atoms with van der Waals surface area (Å²) in [6, 6.07) is -1.25. The smallest absolute Gasteiger partial charge is 0.267 e. The first-order valence-corrected chi connectivity index (χ1v) is 19.9. The van der Waals surface area contributed by atoms with Gasteiger partial charge in [-0.25, -0.2) is 0 Å². The molecule has 0 radical (unpaired) electrons. The number of allylic oxidation sites excluding steroid dienone is 5. The van der Waals surface area contributed by atoms with Crippen LogP contribution in [0.15, 0.2) is 36.5 Å². The number of hydrogen-bond acceptors (Lipinski definition) is 5. The van der Waals surface area contributed by atoms with Crippen molar-refractivity contribution < 1.29 is 28.0 Å². The summed E-state index contributed by atoms with van der Waals surface area (Å²) in [5.41, 5.74) is 0. The van der Waals surface area contributed by atoms with Gasteiger partial charge in [-0.05, 0) is 39.0 Å². The van der Waals surface area contributed by atoms with Gasteiger partial charge >= 0.3 is 0 Å². The van der Waals surface area contributed by atoms with Crippen LogP contribution in [0.4, 0.5) is 0 Å². The Bertz CT molecular complexity index is 870. The van der Waals surface area contributed by atoms with Gasteiger partial charge in [-0.2, -0.15) is 8.42 Å². The molecule has 0 aromatic rings. The minimum Gasteiger partial charge on any atom is -0.387 e. The summed E-state index contributed by atoms with van der Waals surface area (Å²) >= 11 is 0. The molecule has 8 heteroatoms. The van der Waals surface area contributed by atoms with Crippen LogP contribution >= 0.6 is 0 Å². The zero-order chi connectivity index (χ0) is 33.4. The molecule has 3 atom stereocenters. The number of unbranched alkanes of at least 4 members (excludes halogenated alkanes) is 20. The molecule has 0 aliphatic carbocycles. The van der Waals surface area contributed by atoms with E-state index in [-0.39, 0.29) is 6.42 Å². The van der Waals surface area contributed by atoms with E-state index in [2.05, 4.69) is 30.5 Å². The number of carbonyl (C=O) groups is 1. The van der Waals surface area contributed by atoms with Crippen molar-refractivity contribution in [1.82, 2.24) is 5.32 Å². The molecule has 0 spiro atoms. The van der Waals surface area contributed by atoms with Crippen LogP contribution in [-0.2, 0) is 14.9 Å². The highest BCUT2D eigenvalue weighted by Gasteiger charge is 2.27. The maximum Gasteiger partial charge on any atom is 0.267 e. The molecule has 0 fully saturated rings. The average molecular weight is 656 g/mol. The van der Waals surface area contributed by atoms with Crippen LogP contribution in [0.3, 0.4) is 0 Å². The molecule has 45 heavy (non-hydrogen) atoms. The maximum absolute atomic E-state index is 12.5. The highest BCUT2D eigenvalue weighted by Crippen LogP contribution is 2.15. The van der Waals surface area contributed by atoms with Crippen molar-refractivity contribution >= 4 is 16.0 Å². The van der Waals surface area contributed by atoms with Crippen molar-refractivity contribution in [1.29, 1.82) is 0 Å². The topological polar surface area (TPSA) is 124 Å². The fourth-order valence-corrected chi connectivity index (χ4v) is 6.17. The van der Waals surface area contributed by atoms with Crippen LogP contribution in [-0.4, -0.2) is 53.1 Å². The van der Waals surface area contributed by atoms with Gasteiger partial charge in [-0.15, -0.1) is 0 Å². The highest BCUT2D eigenvalue weighted by atomic mass is 32.2. The number of aliphatic hydroxyl groups is 2. The van der Waals surface area contributed by atoms with Crippen LogP contribution < -0.4 is 5.32 Å². The fraction of sp³-hybridized carbons (Fsp3) is 0.811. The normalized spacial score (nSPS) is 14.5. The van der Waals surface area contributed by atoms with E-state index in [9.17, 15) is 28.0 Å². The second-order valence-corrected chi connectivity index (χ2v) is 14.1. The van der Waals surface area contributed by atoms with Crippen molar-refractivity contribution in [3.05, 3.63) is 36.5 Å². The summed E-state index contributed by atoms with van der Waals surface area (Å²) < 4.78 is 32.3. The van der Waals surface area contributed by atoms with Gasteiger partial charge in [-0.3, -0.25) is 9.35 Å². The Balaban J connectivity index is 3.99. The van der Waals surface area contributed by atoms with Crippen LogP contribution in [0.25, 0.3) is 0 Å². The first-order valence-electron chi connectivity index (χ1n) is 18.3. The van der Waals surface area contributed by atoms with Crippen molar-refractivity contribution in [2.45, 2.75) is 186 Å². The van der Waals surface area contributed by atoms with Gasteiger partial charge < -0.3 is 15.5 Å². The predicted molar refractivity (Wildman–Crippen MR) is 190 cm³/mol. The van der Waals surface area contributed by atoms with E-state index in [1.807, 2.05) is 13.0 Å². The minimum absolute atomic E-state index is 0.273. The SMILES string of the molecule is C/C=C/CC/C=C/CC/C=C/C(O)C(CS(=O)(=O)O)NC(=O)C(O)CCCCCCCCCCCCCCCCCCCCC. The van der Waals surface area contributed by atoms with Crippen LogP contribution in [0, 0.1) is 0 Å². The highest BCUT2D eigenvalue weighted by molar-refractivity contribution is 7.85. The van der Waals surface area contributed by atoms with Gasteiger partial charge in [-0.1, -0.05) is 165 Å². The molecule has 7 nitrogen and oxygen atoms in total. The summed E-state index contributed by atoms with van der Waals surface area (Å²) in [4.78, 5) is 12.5. The lowest BCUT2D eigenvalue weighted by molar-refractivity contribution is -0.130. The molecule has 0 aromatic carbocycles. The average Bonchev–Trinajstić information content (AvgIpc) is 3.00. The lowest BCUT2D eigenvalue weighted by Gasteiger charge is -2.22. The third-order valence-corrected chi connectivity index (χ3v) is 9.03. The van der Waals surface area contributed by atoms with Gasteiger partial charge in [0.2, 0.25) is 5.91 Å². The van der Waals surface area contributed by atoms with E-state index < -0.39 is 40.0 Å². The van der Waals surface area contributed by atoms with Crippen molar-refractivity contribution in [3.63, 3.8) is 0 Å². The van der Waals surface area contributed by atoms with Crippen LogP contribution in [0.5, 0.6) is 0 Å². The molecule has 264 valence electrons. The zero-order valence-corrected chi connectivity index (χ0v) is 29.7. The lowest BCUT2D eigenvalue weighted by atomic mass is 10.0. The number of nitrogens with one attached hydrogen (secondary N) is 1. The molecule has 0 rings (SSSR count). The molecular weight excluding hydrogens is 586 g/mol. The van der Waals surface area contributed by atoms with Gasteiger partial charge in [0, 0.05) is 0 Å². The monoisotopic (exact) mass is 655 g/mol. The number of amides is 1. The van der Waals surface area contributed by atoms with E-state index >= 15 is 0 Å². The summed E-state index contributed by atoms with van der Waals surface area (Å²) in [5, 5.41) is 23.2. The third-order valence-electron chi connectivity index (χ3n) is 8.25. The summed E-state index contributed by atoms with van der Waals surface area (Å²) in [6.45, 7) is 4.25. The molecule has 0 aliphatic heterocycles. The number of rotatable bonds is 32. The van der Waals surface area contributed by atoms with E-state index in [0.717, 1.165) is 38.5 Å². The zero-order valence-electron chi connectivity index (χ0n) is 28.8. The van der Waals surface area contributed by atoms with Crippen molar-refractivity contribution in [2.24, 2.45) is 0 Å². The Kier molecular flexibility index (Phi) is 30.1. The van der Waals surface area contributed by atoms with Gasteiger partial charge in [0.1, 0.15) is 6.10 Å². The summed E-state index contributed by atoms with van der Waals surface area (Å²) in [6.07, 6.45) is 36.6. The second kappa shape index (κ2) is 31.1. The first-order chi connectivity index (χ1) is 21.7. The first kappa shape index (κ1) is 43.5. The predicted octanol–water partition coefficient (Wildman–Crippen LogP) is 9.15. The maximum atomic E-state index is 12.5. The number of hydrogen-bond donors (Lipinski definition) is 4. The van der Waals surface area contributed by atoms with Gasteiger partial charge in [0.15, 0.2) is 0 Å². The Hall–Kier alpha value is -1.48. The van der Waals surface area contributed by atoms with Crippen LogP contribution in [0.2, 0.25) is 0 Å². The number of carbonyl (C=O) groups excluding carboxylic acids is 1. The molecule has 1 amide bonds. The number of aliphatic hydroxyl groups excluding tert-OH is 2. The Morgan fingerprint density at radius 1 is 0.644 bits per heavy atom. The van der Waals surface area contributed by atoms with Gasteiger partial charge in [0.25, 0.3) is 10.1 Å². The Labute approximate surface area is 277 Å². The Morgan fingerprint density at radius 2 is 1.04 bits per heavy atom. The molecule has 0 saturated carbocycles. The van der Waals surface area contributed by atoms with Gasteiger partial charge in [0.05, 0.1) is 17.9 Å². The molecule has 0 aromatic heterocycles. The molecule has 0 heterocycles. The molecule has 0 bridgehead atoms. The molecule has 0 aliphatic rings. The molecule has 4 N–H and O–H groups in total. The lowest BCUT2D eigenvalue weighted by Crippen LogP contribution is -2.50. The Morgan fingerprint density at radius 3 is 1.47 bits per heavy atom. The van der Waals surface area contributed by atoms with Crippen molar-refractivity contribution in [2.75, 3.05) is 5.75 Å². The van der Waals surface area contributed by atoms with E-state index in [0.29, 0.717) is 12.8 Å². The minimum atomic E-state index is -4.44. The summed E-state index contributed by atoms with van der Waals surface area (Å²) in [7, 11) is -4.44. The van der Waals surface area contributed by atoms with Crippen LogP contribution in [0.1, 0.15) is 168 Å². The third kappa shape index (κ3) is 30.9. The molecule has 0 saturated heterocycles. The fourth-order valence-electron chi connectivity index (χ4n) is 5.44. The van der Waals surface area contributed by atoms with Crippen molar-refractivity contribution in [3.8, 4) is 0 Å². The quantitative estimate of drug-likeness (QED) is 0.0326. The summed E-state index contributed by atoms with van der Waals surface area (Å²) in [5.74, 6) is -1.57. The van der Waals surface area contributed by atoms with E-state index in [4.69, 9.17) is 0 Å². The standard InChI is InChI=1S/C37H69NO6S/c1-3-5-7-9-11-13-14-15-16-17-18-19-20-21-22-24-26-28-30-32-36(40)37(41)38-34(33-45(42,43)44)35(39)31-29-27-25-23-12-10-8-6-4-2/h4,6,12,23,29,31,34-36,39-40H,3,5,7-11,13-22,24-28,30,32-33H2,1-2H3,(H,38,41)(H,42,43,44)/b6-4+,23-12+,31-29+. The molecule has 3 unspecified atom stereocenters. The second-order valence-electron chi connectivity index (χ2n) is 12.6. The van der Waals surface area contributed by atoms with E-state index in [1.54, 1.807) is 6.08 Å². The largest absolute Gasteiger partial charge is 0.387 e. The molecular formula is C37H69NO6S. The van der Waals surface area contributed by atoms with E-state index in [1.165, 1.54) is 102 Å².